The summed E-state index contributed by atoms with van der Waals surface area (Å²) in [5, 5.41) is 0. The summed E-state index contributed by atoms with van der Waals surface area (Å²) in [6.45, 7) is 5.42. The van der Waals surface area contributed by atoms with E-state index in [4.69, 9.17) is 5.73 Å². The van der Waals surface area contributed by atoms with E-state index in [2.05, 4.69) is 50.1 Å². The Hall–Kier alpha value is -1.02. The van der Waals surface area contributed by atoms with Crippen molar-refractivity contribution >= 4 is 5.69 Å². The van der Waals surface area contributed by atoms with E-state index in [0.29, 0.717) is 0 Å². The van der Waals surface area contributed by atoms with Crippen LogP contribution in [-0.4, -0.2) is 19.1 Å². The minimum absolute atomic E-state index is 0.00381. The lowest BCUT2D eigenvalue weighted by atomic mass is 9.77. The zero-order chi connectivity index (χ0) is 13.2. The van der Waals surface area contributed by atoms with E-state index in [0.717, 1.165) is 25.3 Å². The molecule has 0 bridgehead atoms. The SMILES string of the molecule is Cc1cccc(N(C)CC2(N)CCCC(C)C2)c1. The zero-order valence-corrected chi connectivity index (χ0v) is 11.9. The van der Waals surface area contributed by atoms with Crippen LogP contribution < -0.4 is 10.6 Å². The average molecular weight is 246 g/mol. The summed E-state index contributed by atoms with van der Waals surface area (Å²) < 4.78 is 0. The maximum Gasteiger partial charge on any atom is 0.0366 e. The lowest BCUT2D eigenvalue weighted by Crippen LogP contribution is -2.52. The fraction of sp³-hybridized carbons (Fsp3) is 0.625. The van der Waals surface area contributed by atoms with Crippen LogP contribution >= 0.6 is 0 Å². The van der Waals surface area contributed by atoms with Gasteiger partial charge in [-0.2, -0.15) is 0 Å². The van der Waals surface area contributed by atoms with Crippen molar-refractivity contribution in [3.05, 3.63) is 29.8 Å². The van der Waals surface area contributed by atoms with E-state index in [1.54, 1.807) is 0 Å². The van der Waals surface area contributed by atoms with Crippen molar-refractivity contribution in [1.82, 2.24) is 0 Å². The Morgan fingerprint density at radius 1 is 1.44 bits per heavy atom. The molecule has 1 saturated carbocycles. The molecule has 0 saturated heterocycles. The molecule has 0 amide bonds. The first-order chi connectivity index (χ1) is 8.48. The van der Waals surface area contributed by atoms with Crippen LogP contribution in [0.15, 0.2) is 24.3 Å². The molecule has 1 aromatic carbocycles. The Balaban J connectivity index is 2.04. The Labute approximate surface area is 111 Å². The molecule has 2 N–H and O–H groups in total. The number of anilines is 1. The normalized spacial score (nSPS) is 28.1. The van der Waals surface area contributed by atoms with Crippen molar-refractivity contribution in [2.75, 3.05) is 18.5 Å². The van der Waals surface area contributed by atoms with Crippen LogP contribution in [0.3, 0.4) is 0 Å². The zero-order valence-electron chi connectivity index (χ0n) is 11.9. The Morgan fingerprint density at radius 2 is 2.22 bits per heavy atom. The van der Waals surface area contributed by atoms with Gasteiger partial charge in [0.25, 0.3) is 0 Å². The lowest BCUT2D eigenvalue weighted by Gasteiger charge is -2.40. The van der Waals surface area contributed by atoms with Gasteiger partial charge in [-0.05, 0) is 43.4 Å². The number of likely N-dealkylation sites (N-methyl/N-ethyl adjacent to an activating group) is 1. The van der Waals surface area contributed by atoms with Crippen molar-refractivity contribution < 1.29 is 0 Å². The molecule has 2 atom stereocenters. The number of hydrogen-bond acceptors (Lipinski definition) is 2. The van der Waals surface area contributed by atoms with Gasteiger partial charge in [0.15, 0.2) is 0 Å². The fourth-order valence-electron chi connectivity index (χ4n) is 3.27. The molecule has 1 fully saturated rings. The van der Waals surface area contributed by atoms with Gasteiger partial charge >= 0.3 is 0 Å². The number of nitrogens with two attached hydrogens (primary N) is 1. The van der Waals surface area contributed by atoms with Gasteiger partial charge < -0.3 is 10.6 Å². The molecule has 0 radical (unpaired) electrons. The predicted molar refractivity (Wildman–Crippen MR) is 79.0 cm³/mol. The third-order valence-corrected chi connectivity index (χ3v) is 4.12. The molecule has 18 heavy (non-hydrogen) atoms. The minimum atomic E-state index is -0.00381. The second-order valence-electron chi connectivity index (χ2n) is 6.26. The van der Waals surface area contributed by atoms with Crippen molar-refractivity contribution in [2.24, 2.45) is 11.7 Å². The molecule has 2 unspecified atom stereocenters. The van der Waals surface area contributed by atoms with E-state index in [-0.39, 0.29) is 5.54 Å². The molecule has 0 aliphatic heterocycles. The van der Waals surface area contributed by atoms with Crippen LogP contribution in [0, 0.1) is 12.8 Å². The Morgan fingerprint density at radius 3 is 2.89 bits per heavy atom. The lowest BCUT2D eigenvalue weighted by molar-refractivity contribution is 0.241. The van der Waals surface area contributed by atoms with Crippen molar-refractivity contribution in [2.45, 2.75) is 45.1 Å². The quantitative estimate of drug-likeness (QED) is 0.886. The number of benzene rings is 1. The first-order valence-electron chi connectivity index (χ1n) is 7.05. The van der Waals surface area contributed by atoms with E-state index >= 15 is 0 Å². The summed E-state index contributed by atoms with van der Waals surface area (Å²) in [6.07, 6.45) is 4.93. The summed E-state index contributed by atoms with van der Waals surface area (Å²) in [5.74, 6) is 0.773. The van der Waals surface area contributed by atoms with Crippen LogP contribution in [0.1, 0.15) is 38.2 Å². The van der Waals surface area contributed by atoms with E-state index in [1.165, 1.54) is 24.1 Å². The number of aryl methyl sites for hydroxylation is 1. The van der Waals surface area contributed by atoms with E-state index in [1.807, 2.05) is 0 Å². The topological polar surface area (TPSA) is 29.3 Å². The Kier molecular flexibility index (Phi) is 3.96. The largest absolute Gasteiger partial charge is 0.373 e. The van der Waals surface area contributed by atoms with Gasteiger partial charge in [0.05, 0.1) is 0 Å². The van der Waals surface area contributed by atoms with Crippen molar-refractivity contribution in [3.8, 4) is 0 Å². The molecule has 2 heteroatoms. The minimum Gasteiger partial charge on any atom is -0.373 e. The van der Waals surface area contributed by atoms with Crippen LogP contribution in [-0.2, 0) is 0 Å². The molecule has 2 nitrogen and oxygen atoms in total. The van der Waals surface area contributed by atoms with E-state index < -0.39 is 0 Å². The monoisotopic (exact) mass is 246 g/mol. The third-order valence-electron chi connectivity index (χ3n) is 4.12. The number of rotatable bonds is 3. The first-order valence-corrected chi connectivity index (χ1v) is 7.05. The van der Waals surface area contributed by atoms with Gasteiger partial charge in [-0.25, -0.2) is 0 Å². The van der Waals surface area contributed by atoms with Gasteiger partial charge in [0.1, 0.15) is 0 Å². The second kappa shape index (κ2) is 5.31. The van der Waals surface area contributed by atoms with E-state index in [9.17, 15) is 0 Å². The van der Waals surface area contributed by atoms with Crippen molar-refractivity contribution in [1.29, 1.82) is 0 Å². The highest BCUT2D eigenvalue weighted by atomic mass is 15.1. The Bertz CT molecular complexity index is 402. The summed E-state index contributed by atoms with van der Waals surface area (Å²) in [4.78, 5) is 2.31. The maximum atomic E-state index is 6.58. The highest BCUT2D eigenvalue weighted by Gasteiger charge is 2.32. The summed E-state index contributed by atoms with van der Waals surface area (Å²) in [7, 11) is 2.16. The van der Waals surface area contributed by atoms with Gasteiger partial charge in [-0.3, -0.25) is 0 Å². The first kappa shape index (κ1) is 13.4. The number of nitrogens with zero attached hydrogens (tertiary/aromatic N) is 1. The molecule has 100 valence electrons. The highest BCUT2D eigenvalue weighted by molar-refractivity contribution is 5.48. The molecule has 2 rings (SSSR count). The molecule has 1 aromatic rings. The standard InChI is InChI=1S/C16H26N2/c1-13-6-4-8-15(10-13)18(3)12-16(17)9-5-7-14(2)11-16/h4,6,8,10,14H,5,7,9,11-12,17H2,1-3H3. The molecule has 1 aliphatic carbocycles. The summed E-state index contributed by atoms with van der Waals surface area (Å²) in [6, 6.07) is 8.66. The second-order valence-corrected chi connectivity index (χ2v) is 6.26. The summed E-state index contributed by atoms with van der Waals surface area (Å²) >= 11 is 0. The van der Waals surface area contributed by atoms with Crippen molar-refractivity contribution in [3.63, 3.8) is 0 Å². The molecule has 0 heterocycles. The highest BCUT2D eigenvalue weighted by Crippen LogP contribution is 2.31. The third kappa shape index (κ3) is 3.26. The maximum absolute atomic E-state index is 6.58. The van der Waals surface area contributed by atoms with Gasteiger partial charge in [0, 0.05) is 24.8 Å². The molecular weight excluding hydrogens is 220 g/mol. The molecule has 0 aromatic heterocycles. The smallest absolute Gasteiger partial charge is 0.0366 e. The van der Waals surface area contributed by atoms with Gasteiger partial charge in [-0.15, -0.1) is 0 Å². The van der Waals surface area contributed by atoms with Crippen LogP contribution in [0.25, 0.3) is 0 Å². The molecule has 0 spiro atoms. The van der Waals surface area contributed by atoms with Gasteiger partial charge in [0.2, 0.25) is 0 Å². The molecular formula is C16H26N2. The number of hydrogen-bond donors (Lipinski definition) is 1. The molecule has 1 aliphatic rings. The van der Waals surface area contributed by atoms with Crippen LogP contribution in [0.4, 0.5) is 5.69 Å². The fourth-order valence-corrected chi connectivity index (χ4v) is 3.27. The van der Waals surface area contributed by atoms with Crippen LogP contribution in [0.2, 0.25) is 0 Å². The summed E-state index contributed by atoms with van der Waals surface area (Å²) in [5.41, 5.74) is 9.16. The van der Waals surface area contributed by atoms with Gasteiger partial charge in [-0.1, -0.05) is 31.9 Å². The average Bonchev–Trinajstić information content (AvgIpc) is 2.28. The van der Waals surface area contributed by atoms with Crippen LogP contribution in [0.5, 0.6) is 0 Å². The predicted octanol–water partition coefficient (Wildman–Crippen LogP) is 3.34.